The van der Waals surface area contributed by atoms with Gasteiger partial charge in [0.05, 0.1) is 23.5 Å². The van der Waals surface area contributed by atoms with Crippen LogP contribution in [0, 0.1) is 5.92 Å². The number of benzene rings is 1. The molecule has 2 aromatic rings. The predicted molar refractivity (Wildman–Crippen MR) is 224 cm³/mol. The molecule has 3 aliphatic heterocycles. The standard InChI is InChI=1S/C44H58F3N5O10S/c1-5-26(2)60-41(56)49-34-12-10-8-6-7-9-11-27-25-43(27,40(55)51-63(57,58)42(3)19-20-42)50-38(53)35(52(4)39(34)54)24-30-13-15-31-32-23-29(61-28-17-21-59-22-18-28)14-16-33(32)48-37(36(31)62-30)44(45,46)47/h9,11,14,16,23,26-28,30,34-35H,5-8,10,12-13,15,17-22,24-25H2,1-4H3,(H,49,56)(H,50,53)(H,51,55)/b11-9-/t26-,27+,30?,34-,35-,43+/m0/s1. The third-order valence-electron chi connectivity index (χ3n) is 13.2. The number of fused-ring (bicyclic) bond motifs is 4. The summed E-state index contributed by atoms with van der Waals surface area (Å²) in [6, 6.07) is 2.13. The van der Waals surface area contributed by atoms with Crippen LogP contribution >= 0.6 is 0 Å². The van der Waals surface area contributed by atoms with Crippen LogP contribution in [0.15, 0.2) is 30.4 Å². The van der Waals surface area contributed by atoms with Gasteiger partial charge in [-0.3, -0.25) is 19.1 Å². The molecule has 5 aliphatic rings. The van der Waals surface area contributed by atoms with Crippen LogP contribution in [0.3, 0.4) is 0 Å². The van der Waals surface area contributed by atoms with Crippen LogP contribution in [0.1, 0.15) is 115 Å². The van der Waals surface area contributed by atoms with Crippen LogP contribution in [0.25, 0.3) is 10.9 Å². The molecule has 19 heteroatoms. The zero-order valence-corrected chi connectivity index (χ0v) is 37.0. The Morgan fingerprint density at radius 1 is 1.10 bits per heavy atom. The summed E-state index contributed by atoms with van der Waals surface area (Å²) in [7, 11) is -2.76. The van der Waals surface area contributed by atoms with E-state index in [0.717, 1.165) is 4.90 Å². The number of carbonyl (C=O) groups is 4. The van der Waals surface area contributed by atoms with E-state index in [-0.39, 0.29) is 49.3 Å². The number of hydrogen-bond acceptors (Lipinski definition) is 11. The second kappa shape index (κ2) is 18.4. The van der Waals surface area contributed by atoms with Gasteiger partial charge in [-0.2, -0.15) is 13.2 Å². The second-order valence-corrected chi connectivity index (χ2v) is 20.1. The normalized spacial score (nSPS) is 27.8. The lowest BCUT2D eigenvalue weighted by atomic mass is 9.93. The highest BCUT2D eigenvalue weighted by Gasteiger charge is 2.63. The number of nitrogens with zero attached hydrogens (tertiary/aromatic N) is 2. The van der Waals surface area contributed by atoms with Crippen LogP contribution in [-0.4, -0.2) is 103 Å². The Hall–Kier alpha value is -4.65. The summed E-state index contributed by atoms with van der Waals surface area (Å²) >= 11 is 0. The molecule has 6 atom stereocenters. The van der Waals surface area contributed by atoms with Crippen molar-refractivity contribution in [2.24, 2.45) is 5.92 Å². The first-order valence-corrected chi connectivity index (χ1v) is 23.6. The summed E-state index contributed by atoms with van der Waals surface area (Å²) in [5, 5.41) is 5.87. The number of sulfonamides is 1. The number of alkyl halides is 3. The molecule has 1 aromatic carbocycles. The fourth-order valence-corrected chi connectivity index (χ4v) is 9.83. The van der Waals surface area contributed by atoms with Gasteiger partial charge in [-0.15, -0.1) is 0 Å². The summed E-state index contributed by atoms with van der Waals surface area (Å²) in [5.74, 6) is -3.04. The van der Waals surface area contributed by atoms with Gasteiger partial charge in [0.15, 0.2) is 11.4 Å². The first-order valence-electron chi connectivity index (χ1n) is 22.1. The number of alkyl carbamates (subject to hydrolysis) is 1. The number of likely N-dealkylation sites (N-methyl/N-ethyl adjacent to an activating group) is 1. The number of halogens is 3. The Balaban J connectivity index is 1.21. The first-order chi connectivity index (χ1) is 29.8. The molecule has 4 amide bonds. The highest BCUT2D eigenvalue weighted by Crippen LogP contribution is 2.48. The number of allylic oxidation sites excluding steroid dienone is 1. The van der Waals surface area contributed by atoms with E-state index in [1.165, 1.54) is 20.0 Å². The SMILES string of the molecule is CC[C@H](C)OC(=O)N[C@H]1CCCCC/C=C\[C@@H]2C[C@@]2(C(=O)NS(=O)(=O)C2(C)CC2)NC(=O)[C@H](CC2CCc3c(c(C(F)(F)F)nc4ccc(OC5CCOCC5)cc34)O2)N(C)C1=O. The zero-order valence-electron chi connectivity index (χ0n) is 36.2. The van der Waals surface area contributed by atoms with Gasteiger partial charge in [-0.25, -0.2) is 18.2 Å². The van der Waals surface area contributed by atoms with Gasteiger partial charge in [0, 0.05) is 43.2 Å². The molecule has 1 saturated heterocycles. The Labute approximate surface area is 365 Å². The minimum Gasteiger partial charge on any atom is -0.490 e. The maximum absolute atomic E-state index is 14.8. The molecule has 63 heavy (non-hydrogen) atoms. The van der Waals surface area contributed by atoms with E-state index in [0.29, 0.717) is 82.1 Å². The van der Waals surface area contributed by atoms with E-state index in [4.69, 9.17) is 18.9 Å². The molecule has 3 fully saturated rings. The molecule has 3 N–H and O–H groups in total. The number of carbonyl (C=O) groups excluding carboxylic acids is 4. The topological polar surface area (TPSA) is 192 Å². The molecular weight excluding hydrogens is 848 g/mol. The van der Waals surface area contributed by atoms with Gasteiger partial charge in [0.25, 0.3) is 5.91 Å². The van der Waals surface area contributed by atoms with Crippen LogP contribution in [0.2, 0.25) is 0 Å². The summed E-state index contributed by atoms with van der Waals surface area (Å²) in [6.07, 6.45) is 1.56. The Morgan fingerprint density at radius 3 is 2.54 bits per heavy atom. The van der Waals surface area contributed by atoms with E-state index < -0.39 is 92.0 Å². The summed E-state index contributed by atoms with van der Waals surface area (Å²) in [6.45, 7) is 6.14. The summed E-state index contributed by atoms with van der Waals surface area (Å²) in [4.78, 5) is 61.3. The van der Waals surface area contributed by atoms with E-state index in [9.17, 15) is 40.8 Å². The molecule has 7 rings (SSSR count). The maximum Gasteiger partial charge on any atom is 0.437 e. The average molecular weight is 906 g/mol. The Bertz CT molecular complexity index is 2210. The molecule has 0 spiro atoms. The van der Waals surface area contributed by atoms with Gasteiger partial charge in [0.1, 0.15) is 41.7 Å². The van der Waals surface area contributed by atoms with Crippen molar-refractivity contribution < 1.29 is 59.7 Å². The minimum atomic E-state index is -4.92. The number of ether oxygens (including phenoxy) is 4. The zero-order chi connectivity index (χ0) is 45.3. The lowest BCUT2D eigenvalue weighted by Gasteiger charge is -2.36. The number of aryl methyl sites for hydroxylation is 1. The molecular formula is C44H58F3N5O10S. The predicted octanol–water partition coefficient (Wildman–Crippen LogP) is 6.01. The molecule has 15 nitrogen and oxygen atoms in total. The first kappa shape index (κ1) is 46.3. The lowest BCUT2D eigenvalue weighted by molar-refractivity contribution is -0.144. The van der Waals surface area contributed by atoms with Crippen molar-refractivity contribution in [3.05, 3.63) is 41.6 Å². The number of nitrogens with one attached hydrogen (secondary N) is 3. The third kappa shape index (κ3) is 10.3. The quantitative estimate of drug-likeness (QED) is 0.237. The molecule has 2 saturated carbocycles. The molecule has 0 radical (unpaired) electrons. The van der Waals surface area contributed by atoms with E-state index in [1.54, 1.807) is 25.1 Å². The van der Waals surface area contributed by atoms with Crippen LogP contribution in [-0.2, 0) is 46.5 Å². The minimum absolute atomic E-state index is 0.0739. The fraction of sp³-hybridized carbons (Fsp3) is 0.659. The van der Waals surface area contributed by atoms with Crippen molar-refractivity contribution in [2.45, 2.75) is 158 Å². The van der Waals surface area contributed by atoms with Crippen molar-refractivity contribution in [1.82, 2.24) is 25.2 Å². The highest BCUT2D eigenvalue weighted by atomic mass is 32.2. The summed E-state index contributed by atoms with van der Waals surface area (Å²) in [5.41, 5.74) is -2.55. The van der Waals surface area contributed by atoms with E-state index >= 15 is 0 Å². The molecule has 2 aliphatic carbocycles. The van der Waals surface area contributed by atoms with Crippen molar-refractivity contribution in [1.29, 1.82) is 0 Å². The van der Waals surface area contributed by atoms with Crippen molar-refractivity contribution in [3.63, 3.8) is 0 Å². The van der Waals surface area contributed by atoms with Crippen molar-refractivity contribution in [2.75, 3.05) is 20.3 Å². The maximum atomic E-state index is 14.8. The molecule has 1 unspecified atom stereocenters. The third-order valence-corrected chi connectivity index (χ3v) is 15.3. The monoisotopic (exact) mass is 905 g/mol. The van der Waals surface area contributed by atoms with Crippen LogP contribution < -0.4 is 24.8 Å². The van der Waals surface area contributed by atoms with Gasteiger partial charge >= 0.3 is 12.3 Å². The Kier molecular flexibility index (Phi) is 13.6. The van der Waals surface area contributed by atoms with Crippen molar-refractivity contribution in [3.8, 4) is 11.5 Å². The number of amides is 4. The second-order valence-electron chi connectivity index (χ2n) is 17.9. The molecule has 0 bridgehead atoms. The number of rotatable bonds is 10. The molecule has 1 aromatic heterocycles. The van der Waals surface area contributed by atoms with Crippen molar-refractivity contribution >= 4 is 44.7 Å². The molecule has 4 heterocycles. The van der Waals surface area contributed by atoms with Crippen LogP contribution in [0.5, 0.6) is 11.5 Å². The number of hydrogen-bond donors (Lipinski definition) is 3. The molecule has 346 valence electrons. The van der Waals surface area contributed by atoms with Gasteiger partial charge in [-0.05, 0) is 89.8 Å². The highest BCUT2D eigenvalue weighted by molar-refractivity contribution is 7.91. The Morgan fingerprint density at radius 2 is 1.84 bits per heavy atom. The number of aromatic nitrogens is 1. The van der Waals surface area contributed by atoms with Crippen LogP contribution in [0.4, 0.5) is 18.0 Å². The van der Waals surface area contributed by atoms with E-state index in [2.05, 4.69) is 20.3 Å². The average Bonchev–Trinajstić information content (AvgIpc) is 4.17. The largest absolute Gasteiger partial charge is 0.490 e. The van der Waals surface area contributed by atoms with Gasteiger partial charge in [0.2, 0.25) is 21.8 Å². The summed E-state index contributed by atoms with van der Waals surface area (Å²) < 4.78 is 95.2. The van der Waals surface area contributed by atoms with Gasteiger partial charge in [-0.1, -0.05) is 31.9 Å². The fourth-order valence-electron chi connectivity index (χ4n) is 8.52. The van der Waals surface area contributed by atoms with Gasteiger partial charge < -0.3 is 34.5 Å². The smallest absolute Gasteiger partial charge is 0.437 e. The number of pyridine rings is 1. The lowest BCUT2D eigenvalue weighted by Crippen LogP contribution is -2.60. The van der Waals surface area contributed by atoms with E-state index in [1.807, 2.05) is 13.0 Å².